The summed E-state index contributed by atoms with van der Waals surface area (Å²) in [7, 11) is 0. The Morgan fingerprint density at radius 3 is 2.42 bits per heavy atom. The van der Waals surface area contributed by atoms with E-state index >= 15 is 0 Å². The van der Waals surface area contributed by atoms with Crippen LogP contribution in [0.2, 0.25) is 0 Å². The molecule has 0 spiro atoms. The maximum absolute atomic E-state index is 13.0. The molecule has 2 heterocycles. The molecule has 3 aromatic rings. The van der Waals surface area contributed by atoms with Crippen LogP contribution in [0.3, 0.4) is 0 Å². The van der Waals surface area contributed by atoms with Crippen LogP contribution in [0.5, 0.6) is 5.75 Å². The number of hydrogen-bond donors (Lipinski definition) is 1. The number of urea groups is 1. The molecule has 1 aromatic heterocycles. The van der Waals surface area contributed by atoms with E-state index in [1.807, 2.05) is 30.3 Å². The molecule has 1 aliphatic heterocycles. The van der Waals surface area contributed by atoms with Crippen LogP contribution >= 0.6 is 0 Å². The Bertz CT molecular complexity index is 1110. The zero-order valence-electron chi connectivity index (χ0n) is 16.1. The van der Waals surface area contributed by atoms with Crippen molar-refractivity contribution >= 4 is 11.9 Å². The zero-order chi connectivity index (χ0) is 22.2. The van der Waals surface area contributed by atoms with Gasteiger partial charge in [-0.25, -0.2) is 9.78 Å². The van der Waals surface area contributed by atoms with Crippen LogP contribution in [0.15, 0.2) is 65.2 Å². The van der Waals surface area contributed by atoms with Gasteiger partial charge in [0.1, 0.15) is 17.8 Å². The summed E-state index contributed by atoms with van der Waals surface area (Å²) in [5.74, 6) is -0.352. The second-order valence-electron chi connectivity index (χ2n) is 7.00. The fourth-order valence-corrected chi connectivity index (χ4v) is 3.28. The topological polar surface area (TPSA) is 84.7 Å². The first-order valence-corrected chi connectivity index (χ1v) is 9.16. The van der Waals surface area contributed by atoms with E-state index in [1.54, 1.807) is 0 Å². The second kappa shape index (κ2) is 7.46. The fourth-order valence-electron chi connectivity index (χ4n) is 3.28. The molecule has 1 unspecified atom stereocenters. The van der Waals surface area contributed by atoms with Crippen LogP contribution in [0, 0.1) is 0 Å². The standard InChI is InChI=1S/C21H16F3N3O4/c1-20(14-7-9-15(10-8-14)31-21(22,23)24)18(28)27(19(29)26-20)12-17-25-11-16(30-17)13-5-3-2-4-6-13/h2-11H,12H2,1H3,(H,26,29). The van der Waals surface area contributed by atoms with E-state index in [4.69, 9.17) is 4.42 Å². The third-order valence-corrected chi connectivity index (χ3v) is 4.85. The van der Waals surface area contributed by atoms with Crippen LogP contribution in [-0.4, -0.2) is 28.2 Å². The molecule has 7 nitrogen and oxygen atoms in total. The summed E-state index contributed by atoms with van der Waals surface area (Å²) in [4.78, 5) is 30.5. The number of imide groups is 1. The lowest BCUT2D eigenvalue weighted by Gasteiger charge is -2.22. The van der Waals surface area contributed by atoms with Crippen molar-refractivity contribution in [1.82, 2.24) is 15.2 Å². The fraction of sp³-hybridized carbons (Fsp3) is 0.190. The normalized spacial score (nSPS) is 18.9. The number of halogens is 3. The molecule has 160 valence electrons. The molecule has 1 N–H and O–H groups in total. The number of hydrogen-bond acceptors (Lipinski definition) is 5. The van der Waals surface area contributed by atoms with Gasteiger partial charge in [-0.05, 0) is 24.6 Å². The minimum atomic E-state index is -4.83. The molecule has 1 saturated heterocycles. The van der Waals surface area contributed by atoms with Gasteiger partial charge in [-0.15, -0.1) is 13.2 Å². The van der Waals surface area contributed by atoms with E-state index in [9.17, 15) is 22.8 Å². The number of benzene rings is 2. The highest BCUT2D eigenvalue weighted by molar-refractivity contribution is 6.07. The minimum Gasteiger partial charge on any atom is -0.439 e. The lowest BCUT2D eigenvalue weighted by molar-refractivity contribution is -0.274. The van der Waals surface area contributed by atoms with Crippen molar-refractivity contribution < 1.29 is 31.9 Å². The average molecular weight is 431 g/mol. The number of rotatable bonds is 5. The number of carbonyl (C=O) groups excluding carboxylic acids is 2. The zero-order valence-corrected chi connectivity index (χ0v) is 16.1. The number of oxazole rings is 1. The van der Waals surface area contributed by atoms with Gasteiger partial charge in [-0.3, -0.25) is 9.69 Å². The van der Waals surface area contributed by atoms with Crippen molar-refractivity contribution in [2.24, 2.45) is 0 Å². The Labute approximate surface area is 174 Å². The Hall–Kier alpha value is -3.82. The molecule has 0 aliphatic carbocycles. The first-order valence-electron chi connectivity index (χ1n) is 9.16. The second-order valence-corrected chi connectivity index (χ2v) is 7.00. The molecular weight excluding hydrogens is 415 g/mol. The highest BCUT2D eigenvalue weighted by atomic mass is 19.4. The predicted octanol–water partition coefficient (Wildman–Crippen LogP) is 4.21. The third kappa shape index (κ3) is 4.09. The predicted molar refractivity (Wildman–Crippen MR) is 101 cm³/mol. The minimum absolute atomic E-state index is 0.167. The number of aromatic nitrogens is 1. The molecule has 2 aromatic carbocycles. The van der Waals surface area contributed by atoms with Crippen LogP contribution in [0.25, 0.3) is 11.3 Å². The number of nitrogens with one attached hydrogen (secondary N) is 1. The summed E-state index contributed by atoms with van der Waals surface area (Å²) in [5, 5.41) is 2.58. The number of alkyl halides is 3. The van der Waals surface area contributed by atoms with Crippen LogP contribution in [0.1, 0.15) is 18.4 Å². The first kappa shape index (κ1) is 20.5. The lowest BCUT2D eigenvalue weighted by atomic mass is 9.92. The van der Waals surface area contributed by atoms with Crippen LogP contribution in [-0.2, 0) is 16.9 Å². The maximum atomic E-state index is 13.0. The van der Waals surface area contributed by atoms with E-state index < -0.39 is 29.6 Å². The molecule has 0 radical (unpaired) electrons. The molecule has 4 rings (SSSR count). The van der Waals surface area contributed by atoms with Crippen molar-refractivity contribution in [2.75, 3.05) is 0 Å². The van der Waals surface area contributed by atoms with Crippen molar-refractivity contribution in [3.63, 3.8) is 0 Å². The van der Waals surface area contributed by atoms with Gasteiger partial charge < -0.3 is 14.5 Å². The van der Waals surface area contributed by atoms with E-state index in [-0.39, 0.29) is 12.4 Å². The van der Waals surface area contributed by atoms with E-state index in [2.05, 4.69) is 15.0 Å². The van der Waals surface area contributed by atoms with Crippen molar-refractivity contribution in [1.29, 1.82) is 0 Å². The largest absolute Gasteiger partial charge is 0.573 e. The number of carbonyl (C=O) groups is 2. The Morgan fingerprint density at radius 1 is 1.10 bits per heavy atom. The first-order chi connectivity index (χ1) is 14.7. The quantitative estimate of drug-likeness (QED) is 0.612. The summed E-state index contributed by atoms with van der Waals surface area (Å²) in [6.45, 7) is 1.28. The van der Waals surface area contributed by atoms with Gasteiger partial charge in [0, 0.05) is 5.56 Å². The molecular formula is C21H16F3N3O4. The molecule has 1 atom stereocenters. The molecule has 1 fully saturated rings. The summed E-state index contributed by atoms with van der Waals surface area (Å²) in [5.41, 5.74) is -0.354. The Morgan fingerprint density at radius 2 is 1.77 bits per heavy atom. The summed E-state index contributed by atoms with van der Waals surface area (Å²) in [6.07, 6.45) is -3.32. The average Bonchev–Trinajstić information content (AvgIpc) is 3.27. The smallest absolute Gasteiger partial charge is 0.439 e. The van der Waals surface area contributed by atoms with Gasteiger partial charge in [0.25, 0.3) is 5.91 Å². The molecule has 0 bridgehead atoms. The van der Waals surface area contributed by atoms with E-state index in [0.717, 1.165) is 22.6 Å². The summed E-state index contributed by atoms with van der Waals surface area (Å²) >= 11 is 0. The third-order valence-electron chi connectivity index (χ3n) is 4.85. The highest BCUT2D eigenvalue weighted by Gasteiger charge is 2.49. The van der Waals surface area contributed by atoms with Gasteiger partial charge >= 0.3 is 12.4 Å². The Balaban J connectivity index is 1.51. The van der Waals surface area contributed by atoms with E-state index in [1.165, 1.54) is 25.3 Å². The van der Waals surface area contributed by atoms with Crippen molar-refractivity contribution in [3.05, 3.63) is 72.2 Å². The van der Waals surface area contributed by atoms with Crippen molar-refractivity contribution in [3.8, 4) is 17.1 Å². The molecule has 1 aliphatic rings. The molecule has 3 amide bonds. The van der Waals surface area contributed by atoms with Gasteiger partial charge in [0.05, 0.1) is 6.20 Å². The summed E-state index contributed by atoms with van der Waals surface area (Å²) < 4.78 is 46.5. The SMILES string of the molecule is CC1(c2ccc(OC(F)(F)F)cc2)NC(=O)N(Cc2ncc(-c3ccccc3)o2)C1=O. The van der Waals surface area contributed by atoms with Crippen LogP contribution in [0.4, 0.5) is 18.0 Å². The molecule has 10 heteroatoms. The lowest BCUT2D eigenvalue weighted by Crippen LogP contribution is -2.40. The van der Waals surface area contributed by atoms with Crippen molar-refractivity contribution in [2.45, 2.75) is 25.4 Å². The number of ether oxygens (including phenoxy) is 1. The van der Waals surface area contributed by atoms with Crippen LogP contribution < -0.4 is 10.1 Å². The van der Waals surface area contributed by atoms with Gasteiger partial charge in [-0.2, -0.15) is 0 Å². The number of nitrogens with zero attached hydrogens (tertiary/aromatic N) is 2. The van der Waals surface area contributed by atoms with E-state index in [0.29, 0.717) is 11.3 Å². The summed E-state index contributed by atoms with van der Waals surface area (Å²) in [6, 6.07) is 13.3. The van der Waals surface area contributed by atoms with Gasteiger partial charge in [-0.1, -0.05) is 42.5 Å². The highest BCUT2D eigenvalue weighted by Crippen LogP contribution is 2.32. The molecule has 31 heavy (non-hydrogen) atoms. The molecule has 0 saturated carbocycles. The monoisotopic (exact) mass is 431 g/mol. The van der Waals surface area contributed by atoms with Gasteiger partial charge in [0.15, 0.2) is 5.76 Å². The Kier molecular flexibility index (Phi) is 4.92. The number of amides is 3. The maximum Gasteiger partial charge on any atom is 0.573 e. The van der Waals surface area contributed by atoms with Gasteiger partial charge in [0.2, 0.25) is 5.89 Å².